The first-order chi connectivity index (χ1) is 17.7. The summed E-state index contributed by atoms with van der Waals surface area (Å²) in [4.78, 5) is 27.8. The zero-order valence-electron chi connectivity index (χ0n) is 20.9. The standard InChI is InChI=1S/C27H29N3O6S/c1-35-22-10-5-18(6-11-22)24(29-37(3,33)34)17-26(31)28-21-9-4-19-14-15-30(25(19)16-21)27(32)20-7-12-23(36-2)13-8-20/h4-13,16,24,29H,14-15,17H2,1-3H3,(H,28,31). The van der Waals surface area contributed by atoms with Crippen LogP contribution in [-0.4, -0.2) is 47.3 Å². The molecule has 194 valence electrons. The van der Waals surface area contributed by atoms with Crippen molar-refractivity contribution >= 4 is 33.2 Å². The van der Waals surface area contributed by atoms with Gasteiger partial charge in [0.05, 0.1) is 26.5 Å². The van der Waals surface area contributed by atoms with Gasteiger partial charge in [-0.05, 0) is 66.1 Å². The van der Waals surface area contributed by atoms with Gasteiger partial charge in [0.25, 0.3) is 5.91 Å². The van der Waals surface area contributed by atoms with E-state index >= 15 is 0 Å². The number of rotatable bonds is 9. The van der Waals surface area contributed by atoms with Gasteiger partial charge in [-0.1, -0.05) is 18.2 Å². The molecule has 0 saturated carbocycles. The van der Waals surface area contributed by atoms with Crippen molar-refractivity contribution in [3.05, 3.63) is 83.4 Å². The fourth-order valence-electron chi connectivity index (χ4n) is 4.28. The summed E-state index contributed by atoms with van der Waals surface area (Å²) in [5.41, 5.74) is 3.43. The maximum Gasteiger partial charge on any atom is 0.258 e. The van der Waals surface area contributed by atoms with Gasteiger partial charge >= 0.3 is 0 Å². The second kappa shape index (κ2) is 11.0. The SMILES string of the molecule is COc1ccc(C(=O)N2CCc3ccc(NC(=O)CC(NS(C)(=O)=O)c4ccc(OC)cc4)cc32)cc1. The third-order valence-electron chi connectivity index (χ3n) is 6.11. The van der Waals surface area contributed by atoms with Crippen LogP contribution in [0.2, 0.25) is 0 Å². The van der Waals surface area contributed by atoms with Crippen LogP contribution in [0, 0.1) is 0 Å². The number of sulfonamides is 1. The Morgan fingerprint density at radius 1 is 0.946 bits per heavy atom. The van der Waals surface area contributed by atoms with Crippen molar-refractivity contribution in [2.45, 2.75) is 18.9 Å². The molecule has 0 aromatic heterocycles. The van der Waals surface area contributed by atoms with Gasteiger partial charge in [-0.3, -0.25) is 9.59 Å². The van der Waals surface area contributed by atoms with E-state index in [1.165, 1.54) is 7.11 Å². The average molecular weight is 524 g/mol. The van der Waals surface area contributed by atoms with Crippen LogP contribution in [0.15, 0.2) is 66.7 Å². The Labute approximate surface area is 216 Å². The van der Waals surface area contributed by atoms with Gasteiger partial charge in [0.15, 0.2) is 0 Å². The number of hydrogen-bond acceptors (Lipinski definition) is 6. The van der Waals surface area contributed by atoms with Crippen LogP contribution in [0.4, 0.5) is 11.4 Å². The first-order valence-corrected chi connectivity index (χ1v) is 13.6. The van der Waals surface area contributed by atoms with Crippen LogP contribution in [0.3, 0.4) is 0 Å². The van der Waals surface area contributed by atoms with Crippen molar-refractivity contribution in [3.63, 3.8) is 0 Å². The smallest absolute Gasteiger partial charge is 0.258 e. The molecule has 0 bridgehead atoms. The van der Waals surface area contributed by atoms with Gasteiger partial charge in [0, 0.05) is 29.9 Å². The molecule has 0 radical (unpaired) electrons. The molecule has 1 aliphatic rings. The molecule has 0 fully saturated rings. The average Bonchev–Trinajstić information content (AvgIpc) is 3.30. The van der Waals surface area contributed by atoms with E-state index < -0.39 is 16.1 Å². The van der Waals surface area contributed by atoms with E-state index in [0.29, 0.717) is 41.3 Å². The number of nitrogens with zero attached hydrogens (tertiary/aromatic N) is 1. The lowest BCUT2D eigenvalue weighted by Gasteiger charge is -2.20. The van der Waals surface area contributed by atoms with Crippen molar-refractivity contribution < 1.29 is 27.5 Å². The number of methoxy groups -OCH3 is 2. The van der Waals surface area contributed by atoms with Crippen LogP contribution in [0.25, 0.3) is 0 Å². The Kier molecular flexibility index (Phi) is 7.80. The van der Waals surface area contributed by atoms with Crippen LogP contribution in [-0.2, 0) is 21.2 Å². The molecule has 2 amide bonds. The zero-order chi connectivity index (χ0) is 26.6. The maximum atomic E-state index is 13.1. The van der Waals surface area contributed by atoms with Crippen LogP contribution < -0.4 is 24.4 Å². The second-order valence-corrected chi connectivity index (χ2v) is 10.5. The summed E-state index contributed by atoms with van der Waals surface area (Å²) in [6, 6.07) is 18.5. The lowest BCUT2D eigenvalue weighted by Crippen LogP contribution is -2.31. The molecule has 4 rings (SSSR count). The van der Waals surface area contributed by atoms with E-state index in [2.05, 4.69) is 10.0 Å². The van der Waals surface area contributed by atoms with Gasteiger partial charge < -0.3 is 19.7 Å². The van der Waals surface area contributed by atoms with E-state index in [1.54, 1.807) is 72.7 Å². The number of amides is 2. The number of carbonyl (C=O) groups excluding carboxylic acids is 2. The topological polar surface area (TPSA) is 114 Å². The van der Waals surface area contributed by atoms with Crippen LogP contribution in [0.1, 0.15) is 33.9 Å². The third kappa shape index (κ3) is 6.46. The van der Waals surface area contributed by atoms with E-state index in [9.17, 15) is 18.0 Å². The highest BCUT2D eigenvalue weighted by Crippen LogP contribution is 2.32. The first-order valence-electron chi connectivity index (χ1n) is 11.7. The Morgan fingerprint density at radius 3 is 2.16 bits per heavy atom. The number of carbonyl (C=O) groups is 2. The Hall–Kier alpha value is -3.89. The monoisotopic (exact) mass is 523 g/mol. The van der Waals surface area contributed by atoms with Crippen LogP contribution >= 0.6 is 0 Å². The van der Waals surface area contributed by atoms with E-state index in [0.717, 1.165) is 17.5 Å². The molecule has 0 aliphatic carbocycles. The fourth-order valence-corrected chi connectivity index (χ4v) is 5.01. The van der Waals surface area contributed by atoms with Gasteiger partial charge in [-0.25, -0.2) is 13.1 Å². The number of nitrogens with one attached hydrogen (secondary N) is 2. The lowest BCUT2D eigenvalue weighted by molar-refractivity contribution is -0.116. The summed E-state index contributed by atoms with van der Waals surface area (Å²) >= 11 is 0. The highest BCUT2D eigenvalue weighted by atomic mass is 32.2. The number of hydrogen-bond donors (Lipinski definition) is 2. The van der Waals surface area contributed by atoms with E-state index in [1.807, 2.05) is 6.07 Å². The van der Waals surface area contributed by atoms with Gasteiger partial charge in [0.1, 0.15) is 11.5 Å². The molecule has 9 nitrogen and oxygen atoms in total. The molecule has 3 aromatic rings. The molecular weight excluding hydrogens is 494 g/mol. The zero-order valence-corrected chi connectivity index (χ0v) is 21.7. The highest BCUT2D eigenvalue weighted by molar-refractivity contribution is 7.88. The number of fused-ring (bicyclic) bond motifs is 1. The summed E-state index contributed by atoms with van der Waals surface area (Å²) in [7, 11) is -0.467. The molecule has 1 atom stereocenters. The molecule has 3 aromatic carbocycles. The minimum absolute atomic E-state index is 0.120. The number of anilines is 2. The molecule has 10 heteroatoms. The third-order valence-corrected chi connectivity index (χ3v) is 6.82. The molecule has 1 unspecified atom stereocenters. The normalized spacial score (nSPS) is 13.5. The molecule has 1 heterocycles. The van der Waals surface area contributed by atoms with Gasteiger partial charge in [-0.2, -0.15) is 0 Å². The molecule has 1 aliphatic heterocycles. The molecule has 0 spiro atoms. The maximum absolute atomic E-state index is 13.1. The van der Waals surface area contributed by atoms with Gasteiger partial charge in [0.2, 0.25) is 15.9 Å². The Morgan fingerprint density at radius 2 is 1.57 bits per heavy atom. The summed E-state index contributed by atoms with van der Waals surface area (Å²) in [5.74, 6) is 0.782. The summed E-state index contributed by atoms with van der Waals surface area (Å²) in [5, 5.41) is 2.84. The summed E-state index contributed by atoms with van der Waals surface area (Å²) < 4.78 is 36.7. The fraction of sp³-hybridized carbons (Fsp3) is 0.259. The minimum Gasteiger partial charge on any atom is -0.497 e. The molecule has 37 heavy (non-hydrogen) atoms. The highest BCUT2D eigenvalue weighted by Gasteiger charge is 2.26. The second-order valence-electron chi connectivity index (χ2n) is 8.75. The largest absolute Gasteiger partial charge is 0.497 e. The van der Waals surface area contributed by atoms with Crippen molar-refractivity contribution in [2.75, 3.05) is 37.2 Å². The van der Waals surface area contributed by atoms with Crippen molar-refractivity contribution in [3.8, 4) is 11.5 Å². The van der Waals surface area contributed by atoms with E-state index in [-0.39, 0.29) is 18.2 Å². The van der Waals surface area contributed by atoms with Crippen molar-refractivity contribution in [2.24, 2.45) is 0 Å². The summed E-state index contributed by atoms with van der Waals surface area (Å²) in [6.07, 6.45) is 1.64. The Balaban J connectivity index is 1.49. The number of benzene rings is 3. The van der Waals surface area contributed by atoms with E-state index in [4.69, 9.17) is 9.47 Å². The molecule has 2 N–H and O–H groups in total. The van der Waals surface area contributed by atoms with Gasteiger partial charge in [-0.15, -0.1) is 0 Å². The van der Waals surface area contributed by atoms with Crippen molar-refractivity contribution in [1.29, 1.82) is 0 Å². The minimum atomic E-state index is -3.57. The lowest BCUT2D eigenvalue weighted by atomic mass is 10.0. The number of ether oxygens (including phenoxy) is 2. The first kappa shape index (κ1) is 26.2. The molecule has 0 saturated heterocycles. The predicted molar refractivity (Wildman–Crippen MR) is 142 cm³/mol. The molecular formula is C27H29N3O6S. The summed E-state index contributed by atoms with van der Waals surface area (Å²) in [6.45, 7) is 0.537. The van der Waals surface area contributed by atoms with Crippen LogP contribution in [0.5, 0.6) is 11.5 Å². The predicted octanol–water partition coefficient (Wildman–Crippen LogP) is 3.53. The quantitative estimate of drug-likeness (QED) is 0.444. The van der Waals surface area contributed by atoms with Crippen molar-refractivity contribution in [1.82, 2.24) is 4.72 Å². The Bertz CT molecular complexity index is 1390.